The van der Waals surface area contributed by atoms with Crippen molar-refractivity contribution in [1.29, 1.82) is 0 Å². The minimum absolute atomic E-state index is 0.172. The zero-order valence-corrected chi connectivity index (χ0v) is 12.5. The van der Waals surface area contributed by atoms with E-state index in [1.165, 1.54) is 0 Å². The molecule has 21 heavy (non-hydrogen) atoms. The number of rotatable bonds is 5. The lowest BCUT2D eigenvalue weighted by Crippen LogP contribution is -2.46. The molecule has 0 N–H and O–H groups in total. The summed E-state index contributed by atoms with van der Waals surface area (Å²) >= 11 is 0. The number of carbonyl (C=O) groups is 2. The summed E-state index contributed by atoms with van der Waals surface area (Å²) in [5.41, 5.74) is 0. The molecule has 0 aliphatic carbocycles. The molecule has 0 bridgehead atoms. The van der Waals surface area contributed by atoms with Crippen molar-refractivity contribution in [2.24, 2.45) is 0 Å². The number of para-hydroxylation sites is 1. The van der Waals surface area contributed by atoms with Gasteiger partial charge in [-0.25, -0.2) is 4.79 Å². The second-order valence-corrected chi connectivity index (χ2v) is 5.01. The normalized spacial score (nSPS) is 19.1. The third-order valence-electron chi connectivity index (χ3n) is 3.50. The summed E-state index contributed by atoms with van der Waals surface area (Å²) in [4.78, 5) is 25.9. The average molecular weight is 291 g/mol. The Hall–Kier alpha value is -2.04. The second-order valence-electron chi connectivity index (χ2n) is 5.01. The van der Waals surface area contributed by atoms with E-state index in [0.717, 1.165) is 6.42 Å². The van der Waals surface area contributed by atoms with Crippen molar-refractivity contribution in [2.45, 2.75) is 38.8 Å². The van der Waals surface area contributed by atoms with Gasteiger partial charge in [0.2, 0.25) is 0 Å². The smallest absolute Gasteiger partial charge is 0.328 e. The van der Waals surface area contributed by atoms with Crippen LogP contribution in [0.1, 0.15) is 26.7 Å². The predicted octanol–water partition coefficient (Wildman–Crippen LogP) is 2.01. The van der Waals surface area contributed by atoms with Gasteiger partial charge in [-0.15, -0.1) is 0 Å². The maximum absolute atomic E-state index is 12.5. The van der Waals surface area contributed by atoms with E-state index >= 15 is 0 Å². The maximum atomic E-state index is 12.5. The fourth-order valence-corrected chi connectivity index (χ4v) is 2.50. The minimum Gasteiger partial charge on any atom is -0.481 e. The van der Waals surface area contributed by atoms with Crippen molar-refractivity contribution in [1.82, 2.24) is 4.90 Å². The zero-order chi connectivity index (χ0) is 15.2. The van der Waals surface area contributed by atoms with Gasteiger partial charge in [0.1, 0.15) is 11.8 Å². The number of carbonyl (C=O) groups excluding carboxylic acids is 2. The summed E-state index contributed by atoms with van der Waals surface area (Å²) < 4.78 is 10.7. The van der Waals surface area contributed by atoms with Crippen LogP contribution in [0.2, 0.25) is 0 Å². The second kappa shape index (κ2) is 7.11. The standard InChI is InChI=1S/C16H21NO4/c1-3-20-16(19)14-10-7-11-17(14)15(18)12(2)21-13-8-5-4-6-9-13/h4-6,8-9,12,14H,3,7,10-11H2,1-2H3. The van der Waals surface area contributed by atoms with Crippen molar-refractivity contribution in [3.8, 4) is 5.75 Å². The molecule has 1 fully saturated rings. The van der Waals surface area contributed by atoms with Crippen molar-refractivity contribution < 1.29 is 19.1 Å². The molecule has 1 aliphatic heterocycles. The number of esters is 1. The lowest BCUT2D eigenvalue weighted by molar-refractivity contribution is -0.155. The number of hydrogen-bond donors (Lipinski definition) is 0. The molecule has 0 spiro atoms. The highest BCUT2D eigenvalue weighted by Gasteiger charge is 2.37. The van der Waals surface area contributed by atoms with Gasteiger partial charge in [-0.3, -0.25) is 4.79 Å². The van der Waals surface area contributed by atoms with Crippen molar-refractivity contribution in [2.75, 3.05) is 13.2 Å². The predicted molar refractivity (Wildman–Crippen MR) is 77.9 cm³/mol. The molecule has 5 nitrogen and oxygen atoms in total. The molecular formula is C16H21NO4. The number of nitrogens with zero attached hydrogens (tertiary/aromatic N) is 1. The number of amides is 1. The van der Waals surface area contributed by atoms with Gasteiger partial charge in [0, 0.05) is 6.54 Å². The fraction of sp³-hybridized carbons (Fsp3) is 0.500. The molecule has 0 aromatic heterocycles. The summed E-state index contributed by atoms with van der Waals surface area (Å²) in [7, 11) is 0. The Labute approximate surface area is 124 Å². The SMILES string of the molecule is CCOC(=O)C1CCCN1C(=O)C(C)Oc1ccccc1. The minimum atomic E-state index is -0.623. The summed E-state index contributed by atoms with van der Waals surface area (Å²) in [6.45, 7) is 4.37. The first-order chi connectivity index (χ1) is 10.1. The van der Waals surface area contributed by atoms with Gasteiger partial charge in [-0.05, 0) is 38.8 Å². The Morgan fingerprint density at radius 1 is 1.33 bits per heavy atom. The summed E-state index contributed by atoms with van der Waals surface area (Å²) in [5, 5.41) is 0. The zero-order valence-electron chi connectivity index (χ0n) is 12.5. The van der Waals surface area contributed by atoms with E-state index in [1.54, 1.807) is 30.9 Å². The molecule has 1 heterocycles. The van der Waals surface area contributed by atoms with E-state index in [2.05, 4.69) is 0 Å². The van der Waals surface area contributed by atoms with Gasteiger partial charge < -0.3 is 14.4 Å². The topological polar surface area (TPSA) is 55.8 Å². The van der Waals surface area contributed by atoms with Crippen molar-refractivity contribution in [3.63, 3.8) is 0 Å². The van der Waals surface area contributed by atoms with Gasteiger partial charge in [0.25, 0.3) is 5.91 Å². The molecule has 2 atom stereocenters. The maximum Gasteiger partial charge on any atom is 0.328 e. The monoisotopic (exact) mass is 291 g/mol. The molecular weight excluding hydrogens is 270 g/mol. The number of ether oxygens (including phenoxy) is 2. The molecule has 0 radical (unpaired) electrons. The van der Waals surface area contributed by atoms with E-state index in [-0.39, 0.29) is 11.9 Å². The molecule has 1 aromatic carbocycles. The molecule has 5 heteroatoms. The third kappa shape index (κ3) is 3.74. The molecule has 1 amide bonds. The van der Waals surface area contributed by atoms with Crippen molar-refractivity contribution in [3.05, 3.63) is 30.3 Å². The molecule has 2 unspecified atom stereocenters. The van der Waals surface area contributed by atoms with Gasteiger partial charge >= 0.3 is 5.97 Å². The molecule has 1 aliphatic rings. The molecule has 0 saturated carbocycles. The van der Waals surface area contributed by atoms with Crippen LogP contribution in [0.25, 0.3) is 0 Å². The fourth-order valence-electron chi connectivity index (χ4n) is 2.50. The first kappa shape index (κ1) is 15.4. The van der Waals surface area contributed by atoms with Crippen molar-refractivity contribution >= 4 is 11.9 Å². The van der Waals surface area contributed by atoms with Crippen LogP contribution in [-0.4, -0.2) is 42.1 Å². The largest absolute Gasteiger partial charge is 0.481 e. The van der Waals surface area contributed by atoms with Gasteiger partial charge in [0.15, 0.2) is 6.10 Å². The first-order valence-corrected chi connectivity index (χ1v) is 7.32. The van der Waals surface area contributed by atoms with Crippen LogP contribution in [0.15, 0.2) is 30.3 Å². The summed E-state index contributed by atoms with van der Waals surface area (Å²) in [6, 6.07) is 8.72. The summed E-state index contributed by atoms with van der Waals surface area (Å²) in [5.74, 6) is 0.148. The Kier molecular flexibility index (Phi) is 5.20. The van der Waals surface area contributed by atoms with E-state index in [4.69, 9.17) is 9.47 Å². The van der Waals surface area contributed by atoms with Gasteiger partial charge in [-0.2, -0.15) is 0 Å². The Bertz CT molecular complexity index is 488. The van der Waals surface area contributed by atoms with Crippen LogP contribution in [0.5, 0.6) is 5.75 Å². The number of likely N-dealkylation sites (tertiary alicyclic amines) is 1. The summed E-state index contributed by atoms with van der Waals surface area (Å²) in [6.07, 6.45) is 0.845. The van der Waals surface area contributed by atoms with Crippen LogP contribution in [0.4, 0.5) is 0 Å². The first-order valence-electron chi connectivity index (χ1n) is 7.32. The lowest BCUT2D eigenvalue weighted by atomic mass is 10.2. The molecule has 114 valence electrons. The Balaban J connectivity index is 1.99. The van der Waals surface area contributed by atoms with Crippen LogP contribution < -0.4 is 4.74 Å². The quantitative estimate of drug-likeness (QED) is 0.779. The highest BCUT2D eigenvalue weighted by atomic mass is 16.5. The number of benzene rings is 1. The van der Waals surface area contributed by atoms with E-state index in [9.17, 15) is 9.59 Å². The molecule has 1 saturated heterocycles. The average Bonchev–Trinajstić information content (AvgIpc) is 2.97. The highest BCUT2D eigenvalue weighted by molar-refractivity contribution is 5.87. The Morgan fingerprint density at radius 3 is 2.71 bits per heavy atom. The van der Waals surface area contributed by atoms with Crippen LogP contribution in [-0.2, 0) is 14.3 Å². The highest BCUT2D eigenvalue weighted by Crippen LogP contribution is 2.21. The van der Waals surface area contributed by atoms with E-state index < -0.39 is 12.1 Å². The van der Waals surface area contributed by atoms with Gasteiger partial charge in [-0.1, -0.05) is 18.2 Å². The van der Waals surface area contributed by atoms with Gasteiger partial charge in [0.05, 0.1) is 6.61 Å². The van der Waals surface area contributed by atoms with E-state index in [0.29, 0.717) is 25.3 Å². The lowest BCUT2D eigenvalue weighted by Gasteiger charge is -2.26. The Morgan fingerprint density at radius 2 is 2.05 bits per heavy atom. The molecule has 2 rings (SSSR count). The molecule has 1 aromatic rings. The third-order valence-corrected chi connectivity index (χ3v) is 3.50. The van der Waals surface area contributed by atoms with E-state index in [1.807, 2.05) is 18.2 Å². The van der Waals surface area contributed by atoms with Crippen LogP contribution in [0.3, 0.4) is 0 Å². The van der Waals surface area contributed by atoms with Crippen LogP contribution >= 0.6 is 0 Å². The number of hydrogen-bond acceptors (Lipinski definition) is 4. The van der Waals surface area contributed by atoms with Crippen LogP contribution in [0, 0.1) is 0 Å².